The van der Waals surface area contributed by atoms with Crippen molar-refractivity contribution in [3.05, 3.63) is 30.2 Å². The summed E-state index contributed by atoms with van der Waals surface area (Å²) in [5.41, 5.74) is -0.434. The van der Waals surface area contributed by atoms with Crippen LogP contribution in [0.3, 0.4) is 0 Å². The van der Waals surface area contributed by atoms with Crippen molar-refractivity contribution in [2.24, 2.45) is 0 Å². The summed E-state index contributed by atoms with van der Waals surface area (Å²) in [4.78, 5) is 0. The molecule has 0 heterocycles. The summed E-state index contributed by atoms with van der Waals surface area (Å²) < 4.78 is 50.1. The molecule has 1 aromatic carbocycles. The lowest BCUT2D eigenvalue weighted by Crippen LogP contribution is -1.79. The third-order valence-electron chi connectivity index (χ3n) is 0.487. The van der Waals surface area contributed by atoms with Gasteiger partial charge < -0.3 is 5.72 Å². The lowest BCUT2D eigenvalue weighted by Gasteiger charge is -1.83. The van der Waals surface area contributed by atoms with E-state index < -0.39 is 35.9 Å². The van der Waals surface area contributed by atoms with Gasteiger partial charge in [0.25, 0.3) is 0 Å². The van der Waals surface area contributed by atoms with Crippen LogP contribution in [0.15, 0.2) is 30.2 Å². The first-order valence-electron chi connectivity index (χ1n) is 5.12. The minimum absolute atomic E-state index is 0. The predicted octanol–water partition coefficient (Wildman–Crippen LogP) is 1.89. The molecule has 0 aliphatic carbocycles. The zero-order valence-corrected chi connectivity index (χ0v) is 6.19. The lowest BCUT2D eigenvalue weighted by molar-refractivity contribution is 1.69. The highest BCUT2D eigenvalue weighted by Crippen LogP contribution is 1.95. The molecule has 1 rings (SSSR count). The number of hydrogen-bond donors (Lipinski definition) is 1. The molecule has 44 valence electrons. The van der Waals surface area contributed by atoms with Gasteiger partial charge in [0, 0.05) is 5.69 Å². The van der Waals surface area contributed by atoms with Gasteiger partial charge in [0.15, 0.2) is 2.82 Å². The summed E-state index contributed by atoms with van der Waals surface area (Å²) in [5.74, 6) is 0. The molecular formula is C6H8IN. The highest BCUT2D eigenvalue weighted by molar-refractivity contribution is 14.0. The fourth-order valence-electron chi connectivity index (χ4n) is 0.243. The van der Waals surface area contributed by atoms with Crippen molar-refractivity contribution in [3.63, 3.8) is 0 Å². The first-order valence-corrected chi connectivity index (χ1v) is 1.72. The normalized spacial score (nSPS) is 19.2. The molecule has 2 N–H and O–H groups in total. The molecule has 0 bridgehead atoms. The molecule has 8 heavy (non-hydrogen) atoms. The Hall–Kier alpha value is -0.250. The van der Waals surface area contributed by atoms with Crippen LogP contribution >= 0.6 is 24.0 Å². The van der Waals surface area contributed by atoms with E-state index in [0.717, 1.165) is 0 Å². The fourth-order valence-corrected chi connectivity index (χ4v) is 0.243. The minimum atomic E-state index is -0.541. The average molecular weight is 228 g/mol. The van der Waals surface area contributed by atoms with E-state index in [1.165, 1.54) is 0 Å². The zero-order chi connectivity index (χ0) is 11.0. The summed E-state index contributed by atoms with van der Waals surface area (Å²) in [6.45, 7) is 0. The summed E-state index contributed by atoms with van der Waals surface area (Å²) in [7, 11) is 0. The monoisotopic (exact) mass is 228 g/mol. The molecule has 0 saturated carbocycles. The van der Waals surface area contributed by atoms with Gasteiger partial charge in [0.2, 0.25) is 0 Å². The summed E-state index contributed by atoms with van der Waals surface area (Å²) in [6, 6.07) is -2.68. The molecule has 0 radical (unpaired) electrons. The van der Waals surface area contributed by atoms with Gasteiger partial charge in [0.1, 0.15) is 0 Å². The molecular weight excluding hydrogens is 213 g/mol. The SMILES string of the molecule is I.[2H]c1c([2H])c([2H])c(N([2H])[2H])c([2H])c1[2H]. The van der Waals surface area contributed by atoms with E-state index in [0.29, 0.717) is 0 Å². The topological polar surface area (TPSA) is 26.0 Å². The van der Waals surface area contributed by atoms with Crippen LogP contribution in [0.1, 0.15) is 6.85 Å². The number of rotatable bonds is 1. The second-order valence-corrected chi connectivity index (χ2v) is 0.974. The number of para-hydroxylation sites is 1. The molecule has 1 nitrogen and oxygen atoms in total. The quantitative estimate of drug-likeness (QED) is 0.576. The van der Waals surface area contributed by atoms with Gasteiger partial charge in [-0.1, -0.05) is 18.1 Å². The van der Waals surface area contributed by atoms with Crippen LogP contribution in [0.4, 0.5) is 5.69 Å². The standard InChI is InChI=1S/C6H7N.HI/c7-6-4-2-1-3-5-6;/h1-5H,7H2;1H/i1D,2D,3D,4D,5D;/hD2. The Bertz CT molecular complexity index is 351. The third-order valence-corrected chi connectivity index (χ3v) is 0.487. The Morgan fingerprint density at radius 1 is 1.38 bits per heavy atom. The molecule has 0 aliphatic rings. The van der Waals surface area contributed by atoms with Crippen molar-refractivity contribution in [2.45, 2.75) is 0 Å². The van der Waals surface area contributed by atoms with Crippen molar-refractivity contribution in [3.8, 4) is 0 Å². The lowest BCUT2D eigenvalue weighted by atomic mass is 10.3. The molecule has 0 unspecified atom stereocenters. The van der Waals surface area contributed by atoms with Gasteiger partial charge in [-0.2, -0.15) is 0 Å². The molecule has 0 saturated heterocycles. The van der Waals surface area contributed by atoms with Gasteiger partial charge in [-0.15, -0.1) is 24.0 Å². The van der Waals surface area contributed by atoms with E-state index in [1.54, 1.807) is 0 Å². The van der Waals surface area contributed by atoms with Crippen LogP contribution in [0.25, 0.3) is 0 Å². The maximum Gasteiger partial charge on any atom is 0.156 e. The Balaban J connectivity index is 0.00000196. The largest absolute Gasteiger partial charge is 0.399 e. The fraction of sp³-hybridized carbons (Fsp3) is 0. The van der Waals surface area contributed by atoms with Crippen LogP contribution in [0.5, 0.6) is 0 Å². The molecule has 1 aromatic rings. The maximum absolute atomic E-state index is 7.31. The van der Waals surface area contributed by atoms with E-state index in [-0.39, 0.29) is 29.7 Å². The highest BCUT2D eigenvalue weighted by Gasteiger charge is 1.72. The van der Waals surface area contributed by atoms with Gasteiger partial charge in [0.05, 0.1) is 6.85 Å². The van der Waals surface area contributed by atoms with E-state index in [1.807, 2.05) is 0 Å². The van der Waals surface area contributed by atoms with Crippen molar-refractivity contribution >= 4 is 29.7 Å². The van der Waals surface area contributed by atoms with Crippen molar-refractivity contribution in [1.29, 1.82) is 0 Å². The number of benzene rings is 1. The minimum Gasteiger partial charge on any atom is -0.399 e. The molecule has 0 amide bonds. The van der Waals surface area contributed by atoms with Gasteiger partial charge in [-0.05, 0) is 12.1 Å². The first kappa shape index (κ1) is 1.87. The van der Waals surface area contributed by atoms with E-state index in [4.69, 9.17) is 9.68 Å². The van der Waals surface area contributed by atoms with Gasteiger partial charge in [-0.25, -0.2) is 0 Å². The van der Waals surface area contributed by atoms with Crippen LogP contribution < -0.4 is 5.72 Å². The second-order valence-electron chi connectivity index (χ2n) is 0.974. The van der Waals surface area contributed by atoms with Crippen molar-refractivity contribution < 1.29 is 9.68 Å². The highest BCUT2D eigenvalue weighted by atomic mass is 127. The van der Waals surface area contributed by atoms with Gasteiger partial charge >= 0.3 is 0 Å². The number of anilines is 1. The number of nitrogens with two attached hydrogens (primary N) is 1. The molecule has 0 fully saturated rings. The Kier molecular flexibility index (Phi) is 0.867. The summed E-state index contributed by atoms with van der Waals surface area (Å²) in [5, 5.41) is 0. The number of halogens is 1. The number of nitrogen functional groups attached to an aromatic ring is 1. The van der Waals surface area contributed by atoms with Gasteiger partial charge in [-0.3, -0.25) is 0 Å². The molecule has 0 spiro atoms. The Morgan fingerprint density at radius 2 is 2.00 bits per heavy atom. The first-order chi connectivity index (χ1) is 6.37. The summed E-state index contributed by atoms with van der Waals surface area (Å²) >= 11 is 0. The Morgan fingerprint density at radius 3 is 2.50 bits per heavy atom. The predicted molar refractivity (Wildman–Crippen MR) is 46.3 cm³/mol. The van der Waals surface area contributed by atoms with Crippen molar-refractivity contribution in [1.82, 2.24) is 0 Å². The smallest absolute Gasteiger partial charge is 0.156 e. The Labute approximate surface area is 75.9 Å². The van der Waals surface area contributed by atoms with Crippen LogP contribution in [0.2, 0.25) is 2.82 Å². The van der Waals surface area contributed by atoms with E-state index >= 15 is 0 Å². The molecule has 0 aliphatic heterocycles. The molecule has 0 aromatic heterocycles. The van der Waals surface area contributed by atoms with E-state index in [9.17, 15) is 0 Å². The third kappa shape index (κ3) is 2.16. The van der Waals surface area contributed by atoms with Crippen LogP contribution in [-0.4, -0.2) is 0 Å². The average Bonchev–Trinajstić information content (AvgIpc) is 2.11. The molecule has 0 atom stereocenters. The second kappa shape index (κ2) is 3.72. The molecule has 2 heteroatoms. The van der Waals surface area contributed by atoms with Crippen LogP contribution in [-0.2, 0) is 0 Å². The van der Waals surface area contributed by atoms with Crippen molar-refractivity contribution in [2.75, 3.05) is 5.72 Å². The zero-order valence-electron chi connectivity index (χ0n) is 10.9. The maximum atomic E-state index is 7.31. The summed E-state index contributed by atoms with van der Waals surface area (Å²) in [6.07, 6.45) is 0. The number of hydrogen-bond acceptors (Lipinski definition) is 1. The van der Waals surface area contributed by atoms with Crippen LogP contribution in [0, 0.1) is 0 Å². The van der Waals surface area contributed by atoms with E-state index in [2.05, 4.69) is 0 Å².